The van der Waals surface area contributed by atoms with Gasteiger partial charge in [0.2, 0.25) is 0 Å². The van der Waals surface area contributed by atoms with Crippen molar-refractivity contribution in [3.8, 4) is 0 Å². The molecular weight excluding hydrogens is 328 g/mol. The maximum atomic E-state index is 5.44. The van der Waals surface area contributed by atoms with Crippen LogP contribution >= 0.6 is 11.6 Å². The number of methoxy groups -OCH3 is 6. The van der Waals surface area contributed by atoms with Crippen LogP contribution in [0.1, 0.15) is 0 Å². The molecule has 0 aliphatic rings. The van der Waals surface area contributed by atoms with Crippen LogP contribution < -0.4 is 0 Å². The second-order valence-electron chi connectivity index (χ2n) is 4.05. The first-order valence-electron chi connectivity index (χ1n) is 7.29. The van der Waals surface area contributed by atoms with Crippen molar-refractivity contribution in [3.63, 3.8) is 0 Å². The van der Waals surface area contributed by atoms with E-state index < -0.39 is 0 Å². The topological polar surface area (TPSA) is 64.6 Å². The van der Waals surface area contributed by atoms with Gasteiger partial charge in [0.25, 0.3) is 0 Å². The molecule has 0 heterocycles. The van der Waals surface area contributed by atoms with Crippen LogP contribution in [0.3, 0.4) is 0 Å². The van der Waals surface area contributed by atoms with E-state index in [4.69, 9.17) is 35.3 Å². The summed E-state index contributed by atoms with van der Waals surface area (Å²) in [5.74, 6) is 0.490. The van der Waals surface area contributed by atoms with Gasteiger partial charge in [0, 0.05) is 42.7 Å². The van der Waals surface area contributed by atoms with E-state index in [-0.39, 0.29) is 6.10 Å². The smallest absolute Gasteiger partial charge is 0.0939 e. The van der Waals surface area contributed by atoms with Crippen molar-refractivity contribution in [2.24, 2.45) is 0 Å². The third kappa shape index (κ3) is 34.4. The summed E-state index contributed by atoms with van der Waals surface area (Å²) in [5, 5.41) is 0. The van der Waals surface area contributed by atoms with Gasteiger partial charge in [-0.3, -0.25) is 0 Å². The van der Waals surface area contributed by atoms with Gasteiger partial charge in [-0.05, 0) is 0 Å². The van der Waals surface area contributed by atoms with Crippen LogP contribution in [0.15, 0.2) is 0 Å². The highest BCUT2D eigenvalue weighted by atomic mass is 35.5. The Morgan fingerprint density at radius 3 is 1.22 bits per heavy atom. The first-order valence-corrected chi connectivity index (χ1v) is 7.82. The SMILES string of the molecule is COCC(CCl)OC.COCCOC.COCCOCCOC. The fourth-order valence-electron chi connectivity index (χ4n) is 0.915. The molecule has 0 aliphatic carbocycles. The molecule has 0 aromatic carbocycles. The Labute approximate surface area is 146 Å². The normalized spacial score (nSPS) is 11.1. The van der Waals surface area contributed by atoms with Crippen molar-refractivity contribution in [1.29, 1.82) is 0 Å². The molecule has 0 N–H and O–H groups in total. The zero-order valence-corrected chi connectivity index (χ0v) is 16.2. The van der Waals surface area contributed by atoms with E-state index in [1.807, 2.05) is 0 Å². The molecule has 144 valence electrons. The summed E-state index contributed by atoms with van der Waals surface area (Å²) >= 11 is 5.44. The molecule has 0 spiro atoms. The van der Waals surface area contributed by atoms with Crippen LogP contribution in [0.5, 0.6) is 0 Å². The molecule has 0 radical (unpaired) electrons. The van der Waals surface area contributed by atoms with Gasteiger partial charge in [0.1, 0.15) is 0 Å². The number of rotatable bonds is 13. The van der Waals surface area contributed by atoms with Gasteiger partial charge in [-0.15, -0.1) is 11.6 Å². The predicted octanol–water partition coefficient (Wildman–Crippen LogP) is 1.46. The van der Waals surface area contributed by atoms with Crippen molar-refractivity contribution >= 4 is 11.6 Å². The zero-order valence-electron chi connectivity index (χ0n) is 15.5. The van der Waals surface area contributed by atoms with Crippen LogP contribution in [0.2, 0.25) is 0 Å². The van der Waals surface area contributed by atoms with Gasteiger partial charge >= 0.3 is 0 Å². The minimum Gasteiger partial charge on any atom is -0.382 e. The second kappa shape index (κ2) is 30.0. The maximum absolute atomic E-state index is 5.44. The lowest BCUT2D eigenvalue weighted by atomic mass is 10.4. The Hall–Kier alpha value is 0.01000. The van der Waals surface area contributed by atoms with Crippen molar-refractivity contribution in [2.75, 3.05) is 94.8 Å². The van der Waals surface area contributed by atoms with E-state index >= 15 is 0 Å². The monoisotopic (exact) mass is 362 g/mol. The van der Waals surface area contributed by atoms with Gasteiger partial charge in [-0.2, -0.15) is 0 Å². The third-order valence-electron chi connectivity index (χ3n) is 2.21. The first kappa shape index (κ1) is 27.8. The standard InChI is InChI=1S/C6H14O3.C5H11ClO2.C4H10O2/c1-7-3-5-9-6-4-8-2;1-7-4-5(3-6)8-2;1-5-3-4-6-2/h3-6H2,1-2H3;5H,3-4H2,1-2H3;3-4H2,1-2H3. The highest BCUT2D eigenvalue weighted by Gasteiger charge is 2.01. The van der Waals surface area contributed by atoms with E-state index in [2.05, 4.69) is 9.47 Å². The second-order valence-corrected chi connectivity index (χ2v) is 4.36. The van der Waals surface area contributed by atoms with E-state index in [0.717, 1.165) is 0 Å². The summed E-state index contributed by atoms with van der Waals surface area (Å²) < 4.78 is 33.6. The van der Waals surface area contributed by atoms with Crippen LogP contribution in [-0.4, -0.2) is 101 Å². The molecule has 0 rings (SSSR count). The minimum absolute atomic E-state index is 0.0432. The quantitative estimate of drug-likeness (QED) is 0.363. The Kier molecular flexibility index (Phi) is 36.3. The highest BCUT2D eigenvalue weighted by molar-refractivity contribution is 6.18. The highest BCUT2D eigenvalue weighted by Crippen LogP contribution is 1.92. The first-order chi connectivity index (χ1) is 11.2. The summed E-state index contributed by atoms with van der Waals surface area (Å²) in [6.45, 7) is 4.57. The Morgan fingerprint density at radius 2 is 1.00 bits per heavy atom. The summed E-state index contributed by atoms with van der Waals surface area (Å²) in [4.78, 5) is 0. The van der Waals surface area contributed by atoms with Crippen molar-refractivity contribution < 1.29 is 33.2 Å². The summed E-state index contributed by atoms with van der Waals surface area (Å²) in [5.41, 5.74) is 0. The summed E-state index contributed by atoms with van der Waals surface area (Å²) in [6, 6.07) is 0. The van der Waals surface area contributed by atoms with Gasteiger partial charge in [-0.1, -0.05) is 0 Å². The molecule has 0 aromatic heterocycles. The zero-order chi connectivity index (χ0) is 18.2. The molecule has 0 aromatic rings. The Morgan fingerprint density at radius 1 is 0.609 bits per heavy atom. The lowest BCUT2D eigenvalue weighted by Gasteiger charge is -2.08. The Balaban J connectivity index is -0.000000266. The molecule has 0 saturated heterocycles. The number of hydrogen-bond donors (Lipinski definition) is 0. The maximum Gasteiger partial charge on any atom is 0.0939 e. The Bertz CT molecular complexity index is 162. The third-order valence-corrected chi connectivity index (χ3v) is 2.56. The lowest BCUT2D eigenvalue weighted by molar-refractivity contribution is 0.0385. The number of alkyl halides is 1. The molecule has 0 bridgehead atoms. The number of ether oxygens (including phenoxy) is 7. The van der Waals surface area contributed by atoms with E-state index in [9.17, 15) is 0 Å². The summed E-state index contributed by atoms with van der Waals surface area (Å²) in [6.07, 6.45) is 0.0432. The van der Waals surface area contributed by atoms with Crippen molar-refractivity contribution in [1.82, 2.24) is 0 Å². The molecule has 1 unspecified atom stereocenters. The summed E-state index contributed by atoms with van der Waals surface area (Å²) in [7, 11) is 9.85. The van der Waals surface area contributed by atoms with E-state index in [1.54, 1.807) is 42.7 Å². The van der Waals surface area contributed by atoms with Crippen LogP contribution in [0, 0.1) is 0 Å². The fourth-order valence-corrected chi connectivity index (χ4v) is 1.13. The molecule has 0 saturated carbocycles. The molecular formula is C15H35ClO7. The average molecular weight is 363 g/mol. The molecule has 0 fully saturated rings. The molecule has 1 atom stereocenters. The fraction of sp³-hybridized carbons (Fsp3) is 1.00. The van der Waals surface area contributed by atoms with Gasteiger partial charge in [-0.25, -0.2) is 0 Å². The minimum atomic E-state index is 0.0432. The van der Waals surface area contributed by atoms with Crippen LogP contribution in [0.25, 0.3) is 0 Å². The van der Waals surface area contributed by atoms with Gasteiger partial charge < -0.3 is 33.2 Å². The molecule has 7 nitrogen and oxygen atoms in total. The van der Waals surface area contributed by atoms with Crippen molar-refractivity contribution in [3.05, 3.63) is 0 Å². The predicted molar refractivity (Wildman–Crippen MR) is 91.7 cm³/mol. The van der Waals surface area contributed by atoms with Gasteiger partial charge in [0.05, 0.1) is 58.2 Å². The molecule has 0 aliphatic heterocycles. The van der Waals surface area contributed by atoms with Crippen molar-refractivity contribution in [2.45, 2.75) is 6.10 Å². The lowest BCUT2D eigenvalue weighted by Crippen LogP contribution is -2.18. The molecule has 8 heteroatoms. The molecule has 0 amide bonds. The van der Waals surface area contributed by atoms with Crippen LogP contribution in [-0.2, 0) is 33.2 Å². The molecule has 23 heavy (non-hydrogen) atoms. The largest absolute Gasteiger partial charge is 0.382 e. The van der Waals surface area contributed by atoms with Crippen LogP contribution in [0.4, 0.5) is 0 Å². The number of halogens is 1. The number of hydrogen-bond acceptors (Lipinski definition) is 7. The van der Waals surface area contributed by atoms with Gasteiger partial charge in [0.15, 0.2) is 0 Å². The average Bonchev–Trinajstić information content (AvgIpc) is 2.59. The van der Waals surface area contributed by atoms with E-state index in [0.29, 0.717) is 52.1 Å². The van der Waals surface area contributed by atoms with E-state index in [1.165, 1.54) is 0 Å².